The normalized spacial score (nSPS) is 32.4. The van der Waals surface area contributed by atoms with Crippen molar-refractivity contribution in [3.05, 3.63) is 0 Å². The summed E-state index contributed by atoms with van der Waals surface area (Å²) in [5.74, 6) is 0.953. The van der Waals surface area contributed by atoms with Crippen LogP contribution in [0.2, 0.25) is 0 Å². The Morgan fingerprint density at radius 2 is 1.78 bits per heavy atom. The van der Waals surface area contributed by atoms with E-state index in [4.69, 9.17) is 0 Å². The van der Waals surface area contributed by atoms with E-state index < -0.39 is 0 Å². The predicted octanol–water partition coefficient (Wildman–Crippen LogP) is 3.79. The van der Waals surface area contributed by atoms with E-state index >= 15 is 0 Å². The molecule has 0 radical (unpaired) electrons. The minimum absolute atomic E-state index is 0.387. The van der Waals surface area contributed by atoms with Crippen LogP contribution in [-0.2, 0) is 4.79 Å². The number of hydrogen-bond donors (Lipinski definition) is 0. The smallest absolute Gasteiger partial charge is 0.136 e. The lowest BCUT2D eigenvalue weighted by molar-refractivity contribution is -0.126. The van der Waals surface area contributed by atoms with Crippen molar-refractivity contribution >= 4 is 5.78 Å². The zero-order valence-corrected chi connectivity index (χ0v) is 12.2. The summed E-state index contributed by atoms with van der Waals surface area (Å²) in [6.07, 6.45) is 12.0. The van der Waals surface area contributed by atoms with Gasteiger partial charge in [-0.05, 0) is 39.2 Å². The summed E-state index contributed by atoms with van der Waals surface area (Å²) in [5, 5.41) is 0. The number of carbonyl (C=O) groups excluding carboxylic acids is 1. The maximum atomic E-state index is 12.3. The molecule has 2 heterocycles. The van der Waals surface area contributed by atoms with E-state index in [0.29, 0.717) is 23.8 Å². The largest absolute Gasteiger partial charge is 0.300 e. The summed E-state index contributed by atoms with van der Waals surface area (Å²) < 4.78 is 0. The summed E-state index contributed by atoms with van der Waals surface area (Å²) in [7, 11) is 2.26. The van der Waals surface area contributed by atoms with Gasteiger partial charge in [0.2, 0.25) is 0 Å². The second kappa shape index (κ2) is 6.70. The second-order valence-electron chi connectivity index (χ2n) is 6.35. The lowest BCUT2D eigenvalue weighted by Crippen LogP contribution is -2.51. The molecule has 2 aliphatic heterocycles. The van der Waals surface area contributed by atoms with Crippen molar-refractivity contribution in [3.63, 3.8) is 0 Å². The van der Waals surface area contributed by atoms with Crippen LogP contribution in [0.25, 0.3) is 0 Å². The van der Waals surface area contributed by atoms with Crippen LogP contribution in [0.5, 0.6) is 0 Å². The summed E-state index contributed by atoms with van der Waals surface area (Å²) >= 11 is 0. The Morgan fingerprint density at radius 3 is 2.39 bits per heavy atom. The van der Waals surface area contributed by atoms with Crippen LogP contribution in [0.15, 0.2) is 0 Å². The topological polar surface area (TPSA) is 20.3 Å². The van der Waals surface area contributed by atoms with Crippen LogP contribution in [0.3, 0.4) is 0 Å². The number of rotatable bonds is 6. The molecule has 2 aliphatic rings. The van der Waals surface area contributed by atoms with E-state index in [9.17, 15) is 4.79 Å². The van der Waals surface area contributed by atoms with Gasteiger partial charge in [0, 0.05) is 24.4 Å². The third-order valence-electron chi connectivity index (χ3n) is 5.07. The second-order valence-corrected chi connectivity index (χ2v) is 6.35. The van der Waals surface area contributed by atoms with Gasteiger partial charge in [-0.2, -0.15) is 0 Å². The molecule has 2 saturated heterocycles. The number of fused-ring (bicyclic) bond motifs is 2. The molecule has 2 nitrogen and oxygen atoms in total. The molecule has 2 atom stereocenters. The molecule has 0 amide bonds. The van der Waals surface area contributed by atoms with Gasteiger partial charge >= 0.3 is 0 Å². The third-order valence-corrected chi connectivity index (χ3v) is 5.07. The minimum atomic E-state index is 0.387. The number of nitrogens with zero attached hydrogens (tertiary/aromatic N) is 1. The molecular formula is C16H29NO. The Hall–Kier alpha value is -0.370. The first-order valence-corrected chi connectivity index (χ1v) is 7.97. The SMILES string of the molecule is CCCCCCC(=O)C1CC2CCCC(C1)N2C. The van der Waals surface area contributed by atoms with Crippen LogP contribution >= 0.6 is 0 Å². The van der Waals surface area contributed by atoms with Crippen molar-refractivity contribution in [2.24, 2.45) is 5.92 Å². The number of ketones is 1. The lowest BCUT2D eigenvalue weighted by Gasteiger charge is -2.46. The number of hydrogen-bond acceptors (Lipinski definition) is 2. The number of carbonyl (C=O) groups is 1. The van der Waals surface area contributed by atoms with E-state index in [1.807, 2.05) is 0 Å². The van der Waals surface area contributed by atoms with Gasteiger partial charge < -0.3 is 4.90 Å². The number of Topliss-reactive ketones (excluding diaryl/α,β-unsaturated/α-hetero) is 1. The fourth-order valence-corrected chi connectivity index (χ4v) is 3.81. The van der Waals surface area contributed by atoms with Gasteiger partial charge in [0.15, 0.2) is 0 Å². The molecule has 18 heavy (non-hydrogen) atoms. The summed E-state index contributed by atoms with van der Waals surface area (Å²) in [4.78, 5) is 14.8. The van der Waals surface area contributed by atoms with Crippen LogP contribution < -0.4 is 0 Å². The van der Waals surface area contributed by atoms with Gasteiger partial charge in [-0.25, -0.2) is 0 Å². The third kappa shape index (κ3) is 3.34. The summed E-state index contributed by atoms with van der Waals surface area (Å²) in [6.45, 7) is 2.22. The molecule has 0 N–H and O–H groups in total. The summed E-state index contributed by atoms with van der Waals surface area (Å²) in [6, 6.07) is 1.39. The van der Waals surface area contributed by atoms with Gasteiger partial charge in [-0.15, -0.1) is 0 Å². The minimum Gasteiger partial charge on any atom is -0.300 e. The molecule has 2 heteroatoms. The van der Waals surface area contributed by atoms with E-state index in [0.717, 1.165) is 25.7 Å². The van der Waals surface area contributed by atoms with Gasteiger partial charge in [-0.3, -0.25) is 4.79 Å². The fraction of sp³-hybridized carbons (Fsp3) is 0.938. The van der Waals surface area contributed by atoms with Gasteiger partial charge in [-0.1, -0.05) is 32.6 Å². The standard InChI is InChI=1S/C16H29NO/c1-3-4-5-6-10-16(18)13-11-14-8-7-9-15(12-13)17(14)2/h13-15H,3-12H2,1-2H3. The fourth-order valence-electron chi connectivity index (χ4n) is 3.81. The molecule has 0 aromatic rings. The van der Waals surface area contributed by atoms with Gasteiger partial charge in [0.25, 0.3) is 0 Å². The molecule has 0 saturated carbocycles. The highest BCUT2D eigenvalue weighted by Crippen LogP contribution is 2.36. The van der Waals surface area contributed by atoms with Crippen LogP contribution in [-0.4, -0.2) is 29.8 Å². The monoisotopic (exact) mass is 251 g/mol. The molecule has 104 valence electrons. The van der Waals surface area contributed by atoms with E-state index in [1.165, 1.54) is 38.5 Å². The highest BCUT2D eigenvalue weighted by Gasteiger charge is 2.38. The van der Waals surface area contributed by atoms with Gasteiger partial charge in [0.05, 0.1) is 0 Å². The van der Waals surface area contributed by atoms with Crippen LogP contribution in [0, 0.1) is 5.92 Å². The maximum absolute atomic E-state index is 12.3. The molecule has 2 bridgehead atoms. The van der Waals surface area contributed by atoms with Gasteiger partial charge in [0.1, 0.15) is 5.78 Å². The average molecular weight is 251 g/mol. The van der Waals surface area contributed by atoms with Crippen molar-refractivity contribution in [2.75, 3.05) is 7.05 Å². The van der Waals surface area contributed by atoms with E-state index in [-0.39, 0.29) is 0 Å². The van der Waals surface area contributed by atoms with Crippen molar-refractivity contribution in [2.45, 2.75) is 83.2 Å². The maximum Gasteiger partial charge on any atom is 0.136 e. The highest BCUT2D eigenvalue weighted by molar-refractivity contribution is 5.81. The van der Waals surface area contributed by atoms with Crippen molar-refractivity contribution in [1.82, 2.24) is 4.90 Å². The van der Waals surface area contributed by atoms with Crippen LogP contribution in [0.1, 0.15) is 71.1 Å². The molecular weight excluding hydrogens is 222 g/mol. The number of piperidine rings is 2. The predicted molar refractivity (Wildman–Crippen MR) is 75.7 cm³/mol. The quantitative estimate of drug-likeness (QED) is 0.669. The Bertz CT molecular complexity index is 262. The zero-order valence-electron chi connectivity index (χ0n) is 12.2. The highest BCUT2D eigenvalue weighted by atomic mass is 16.1. The Labute approximate surface area is 112 Å². The first kappa shape index (κ1) is 14.0. The molecule has 0 spiro atoms. The Morgan fingerprint density at radius 1 is 1.11 bits per heavy atom. The van der Waals surface area contributed by atoms with E-state index in [1.54, 1.807) is 0 Å². The average Bonchev–Trinajstić information content (AvgIpc) is 2.34. The van der Waals surface area contributed by atoms with Crippen molar-refractivity contribution in [3.8, 4) is 0 Å². The molecule has 2 unspecified atom stereocenters. The summed E-state index contributed by atoms with van der Waals surface area (Å²) in [5.41, 5.74) is 0. The van der Waals surface area contributed by atoms with Crippen molar-refractivity contribution < 1.29 is 4.79 Å². The Balaban J connectivity index is 1.77. The molecule has 0 aromatic heterocycles. The number of unbranched alkanes of at least 4 members (excludes halogenated alkanes) is 3. The van der Waals surface area contributed by atoms with Crippen LogP contribution in [0.4, 0.5) is 0 Å². The zero-order chi connectivity index (χ0) is 13.0. The molecule has 2 fully saturated rings. The molecule has 0 aliphatic carbocycles. The van der Waals surface area contributed by atoms with Crippen molar-refractivity contribution in [1.29, 1.82) is 0 Å². The first-order chi connectivity index (χ1) is 8.72. The molecule has 2 rings (SSSR count). The first-order valence-electron chi connectivity index (χ1n) is 7.97. The molecule has 0 aromatic carbocycles. The van der Waals surface area contributed by atoms with E-state index in [2.05, 4.69) is 18.9 Å². The Kier molecular flexibility index (Phi) is 5.23. The lowest BCUT2D eigenvalue weighted by atomic mass is 9.76.